The molecule has 1 amide bonds. The van der Waals surface area contributed by atoms with Crippen LogP contribution in [-0.2, 0) is 6.42 Å². The Bertz CT molecular complexity index is 586. The molecule has 21 heavy (non-hydrogen) atoms. The molecule has 0 saturated carbocycles. The van der Waals surface area contributed by atoms with Crippen LogP contribution >= 0.6 is 0 Å². The molecule has 5 nitrogen and oxygen atoms in total. The van der Waals surface area contributed by atoms with Gasteiger partial charge in [-0.1, -0.05) is 12.1 Å². The van der Waals surface area contributed by atoms with Gasteiger partial charge in [-0.2, -0.15) is 5.26 Å². The van der Waals surface area contributed by atoms with E-state index in [2.05, 4.69) is 17.0 Å². The monoisotopic (exact) mass is 285 g/mol. The zero-order chi connectivity index (χ0) is 14.8. The maximum absolute atomic E-state index is 10.9. The Morgan fingerprint density at radius 1 is 1.33 bits per heavy atom. The first kappa shape index (κ1) is 13.9. The van der Waals surface area contributed by atoms with E-state index in [1.165, 1.54) is 16.0 Å². The van der Waals surface area contributed by atoms with Gasteiger partial charge in [0.25, 0.3) is 0 Å². The van der Waals surface area contributed by atoms with Gasteiger partial charge in [-0.05, 0) is 36.0 Å². The second-order valence-corrected chi connectivity index (χ2v) is 5.79. The molecule has 1 N–H and O–H groups in total. The summed E-state index contributed by atoms with van der Waals surface area (Å²) in [5.74, 6) is 0.477. The smallest absolute Gasteiger partial charge is 0.407 e. The number of nitrogens with zero attached hydrogens (tertiary/aromatic N) is 3. The van der Waals surface area contributed by atoms with Crippen molar-refractivity contribution in [2.45, 2.75) is 18.8 Å². The standard InChI is InChI=1S/C16H19N3O2/c17-10-12-2-1-3-14-13(4-5-15(12)14)11-18-6-8-19(9-7-18)16(20)21/h1-3,13H,4-9,11H2,(H,20,21). The van der Waals surface area contributed by atoms with E-state index in [0.717, 1.165) is 38.0 Å². The van der Waals surface area contributed by atoms with E-state index >= 15 is 0 Å². The van der Waals surface area contributed by atoms with Crippen molar-refractivity contribution in [2.75, 3.05) is 32.7 Å². The third-order valence-corrected chi connectivity index (χ3v) is 4.64. The van der Waals surface area contributed by atoms with E-state index < -0.39 is 6.09 Å². The van der Waals surface area contributed by atoms with E-state index in [1.54, 1.807) is 0 Å². The lowest BCUT2D eigenvalue weighted by Crippen LogP contribution is -2.49. The highest BCUT2D eigenvalue weighted by Crippen LogP contribution is 2.35. The van der Waals surface area contributed by atoms with Gasteiger partial charge in [-0.15, -0.1) is 0 Å². The molecule has 2 aliphatic rings. The Kier molecular flexibility index (Phi) is 3.80. The topological polar surface area (TPSA) is 67.6 Å². The molecule has 1 fully saturated rings. The molecule has 5 heteroatoms. The highest BCUT2D eigenvalue weighted by atomic mass is 16.4. The molecule has 1 aliphatic heterocycles. The molecule has 1 heterocycles. The number of carbonyl (C=O) groups is 1. The van der Waals surface area contributed by atoms with Crippen LogP contribution in [-0.4, -0.2) is 53.7 Å². The predicted molar refractivity (Wildman–Crippen MR) is 78.3 cm³/mol. The summed E-state index contributed by atoms with van der Waals surface area (Å²) in [4.78, 5) is 14.7. The summed E-state index contributed by atoms with van der Waals surface area (Å²) >= 11 is 0. The van der Waals surface area contributed by atoms with Gasteiger partial charge in [-0.25, -0.2) is 4.79 Å². The summed E-state index contributed by atoms with van der Waals surface area (Å²) in [6.45, 7) is 3.75. The number of hydrogen-bond acceptors (Lipinski definition) is 3. The van der Waals surface area contributed by atoms with Crippen molar-refractivity contribution >= 4 is 6.09 Å². The van der Waals surface area contributed by atoms with Crippen LogP contribution in [0.15, 0.2) is 18.2 Å². The van der Waals surface area contributed by atoms with Gasteiger partial charge in [0.15, 0.2) is 0 Å². The molecule has 110 valence electrons. The first-order valence-corrected chi connectivity index (χ1v) is 7.41. The number of carboxylic acid groups (broad SMARTS) is 1. The van der Waals surface area contributed by atoms with Gasteiger partial charge >= 0.3 is 6.09 Å². The maximum atomic E-state index is 10.9. The highest BCUT2D eigenvalue weighted by molar-refractivity contribution is 5.65. The van der Waals surface area contributed by atoms with Crippen molar-refractivity contribution < 1.29 is 9.90 Å². The maximum Gasteiger partial charge on any atom is 0.407 e. The Balaban J connectivity index is 1.65. The molecule has 0 aromatic heterocycles. The molecule has 1 unspecified atom stereocenters. The van der Waals surface area contributed by atoms with Crippen LogP contribution in [0.1, 0.15) is 29.0 Å². The minimum Gasteiger partial charge on any atom is -0.465 e. The normalized spacial score (nSPS) is 21.9. The number of piperazine rings is 1. The number of hydrogen-bond donors (Lipinski definition) is 1. The molecule has 0 radical (unpaired) electrons. The van der Waals surface area contributed by atoms with Crippen molar-refractivity contribution in [1.29, 1.82) is 5.26 Å². The van der Waals surface area contributed by atoms with Gasteiger partial charge in [-0.3, -0.25) is 4.90 Å². The zero-order valence-corrected chi connectivity index (χ0v) is 12.0. The van der Waals surface area contributed by atoms with Crippen LogP contribution in [0, 0.1) is 11.3 Å². The molecule has 0 spiro atoms. The fourth-order valence-electron chi connectivity index (χ4n) is 3.47. The number of nitriles is 1. The predicted octanol–water partition coefficient (Wildman–Crippen LogP) is 1.88. The Labute approximate surface area is 124 Å². The minimum atomic E-state index is -0.820. The van der Waals surface area contributed by atoms with Crippen LogP contribution in [0.5, 0.6) is 0 Å². The van der Waals surface area contributed by atoms with Gasteiger partial charge < -0.3 is 10.0 Å². The summed E-state index contributed by atoms with van der Waals surface area (Å²) < 4.78 is 0. The Morgan fingerprint density at radius 2 is 2.10 bits per heavy atom. The molecule has 3 rings (SSSR count). The van der Waals surface area contributed by atoms with Gasteiger partial charge in [0, 0.05) is 32.7 Å². The average Bonchev–Trinajstić information content (AvgIpc) is 2.91. The van der Waals surface area contributed by atoms with E-state index in [4.69, 9.17) is 10.4 Å². The molecule has 1 atom stereocenters. The Morgan fingerprint density at radius 3 is 2.76 bits per heavy atom. The second kappa shape index (κ2) is 5.74. The lowest BCUT2D eigenvalue weighted by Gasteiger charge is -2.34. The molecule has 1 aliphatic carbocycles. The van der Waals surface area contributed by atoms with Crippen molar-refractivity contribution in [3.05, 3.63) is 34.9 Å². The van der Waals surface area contributed by atoms with E-state index in [1.807, 2.05) is 12.1 Å². The first-order chi connectivity index (χ1) is 10.2. The van der Waals surface area contributed by atoms with Crippen molar-refractivity contribution in [3.8, 4) is 6.07 Å². The first-order valence-electron chi connectivity index (χ1n) is 7.41. The average molecular weight is 285 g/mol. The molecular formula is C16H19N3O2. The largest absolute Gasteiger partial charge is 0.465 e. The molecular weight excluding hydrogens is 266 g/mol. The number of fused-ring (bicyclic) bond motifs is 1. The van der Waals surface area contributed by atoms with Crippen LogP contribution in [0.4, 0.5) is 4.79 Å². The zero-order valence-electron chi connectivity index (χ0n) is 12.0. The van der Waals surface area contributed by atoms with Crippen LogP contribution in [0.25, 0.3) is 0 Å². The third-order valence-electron chi connectivity index (χ3n) is 4.64. The summed E-state index contributed by atoms with van der Waals surface area (Å²) in [6, 6.07) is 8.29. The fourth-order valence-corrected chi connectivity index (χ4v) is 3.47. The van der Waals surface area contributed by atoms with Crippen molar-refractivity contribution in [1.82, 2.24) is 9.80 Å². The SMILES string of the molecule is N#Cc1cccc2c1CCC2CN1CCN(C(=O)O)CC1. The quantitative estimate of drug-likeness (QED) is 0.901. The Hall–Kier alpha value is -2.06. The summed E-state index contributed by atoms with van der Waals surface area (Å²) in [7, 11) is 0. The number of amides is 1. The fraction of sp³-hybridized carbons (Fsp3) is 0.500. The van der Waals surface area contributed by atoms with Gasteiger partial charge in [0.2, 0.25) is 0 Å². The van der Waals surface area contributed by atoms with E-state index in [9.17, 15) is 4.79 Å². The summed E-state index contributed by atoms with van der Waals surface area (Å²) in [5.41, 5.74) is 3.34. The van der Waals surface area contributed by atoms with E-state index in [-0.39, 0.29) is 0 Å². The molecule has 1 aromatic carbocycles. The van der Waals surface area contributed by atoms with Crippen LogP contribution in [0.2, 0.25) is 0 Å². The van der Waals surface area contributed by atoms with Crippen LogP contribution < -0.4 is 0 Å². The van der Waals surface area contributed by atoms with Crippen LogP contribution in [0.3, 0.4) is 0 Å². The van der Waals surface area contributed by atoms with Crippen molar-refractivity contribution in [3.63, 3.8) is 0 Å². The van der Waals surface area contributed by atoms with Crippen molar-refractivity contribution in [2.24, 2.45) is 0 Å². The third kappa shape index (κ3) is 2.72. The highest BCUT2D eigenvalue weighted by Gasteiger charge is 2.28. The number of rotatable bonds is 2. The lowest BCUT2D eigenvalue weighted by atomic mass is 9.98. The lowest BCUT2D eigenvalue weighted by molar-refractivity contribution is 0.103. The summed E-state index contributed by atoms with van der Waals surface area (Å²) in [5, 5.41) is 18.1. The van der Waals surface area contributed by atoms with Gasteiger partial charge in [0.1, 0.15) is 0 Å². The molecule has 1 saturated heterocycles. The second-order valence-electron chi connectivity index (χ2n) is 5.79. The molecule has 0 bridgehead atoms. The summed E-state index contributed by atoms with van der Waals surface area (Å²) in [6.07, 6.45) is 1.26. The minimum absolute atomic E-state index is 0.477. The van der Waals surface area contributed by atoms with Gasteiger partial charge in [0.05, 0.1) is 11.6 Å². The molecule has 1 aromatic rings. The van der Waals surface area contributed by atoms with E-state index in [0.29, 0.717) is 19.0 Å². The number of benzene rings is 1.